The van der Waals surface area contributed by atoms with Crippen molar-refractivity contribution in [2.75, 3.05) is 6.61 Å². The Balaban J connectivity index is 2.59. The molecular weight excluding hydrogens is 174 g/mol. The fourth-order valence-electron chi connectivity index (χ4n) is 0.810. The summed E-state index contributed by atoms with van der Waals surface area (Å²) in [6, 6.07) is 3.62. The molecule has 12 heavy (non-hydrogen) atoms. The highest BCUT2D eigenvalue weighted by molar-refractivity contribution is 7.10. The molecular formula is C8H11NO2S. The summed E-state index contributed by atoms with van der Waals surface area (Å²) in [4.78, 5) is 0.744. The molecule has 0 aromatic carbocycles. The zero-order chi connectivity index (χ0) is 8.97. The second-order valence-corrected chi connectivity index (χ2v) is 3.19. The average Bonchev–Trinajstić information content (AvgIpc) is 2.55. The number of aliphatic hydroxyl groups excluding tert-OH is 1. The van der Waals surface area contributed by atoms with Crippen molar-refractivity contribution in [3.63, 3.8) is 0 Å². The molecule has 3 nitrogen and oxygen atoms in total. The van der Waals surface area contributed by atoms with Crippen LogP contribution in [0.15, 0.2) is 17.5 Å². The minimum absolute atomic E-state index is 0.0834. The topological polar surface area (TPSA) is 53.3 Å². The van der Waals surface area contributed by atoms with Gasteiger partial charge in [0.05, 0.1) is 6.61 Å². The molecule has 2 N–H and O–H groups in total. The number of rotatable bonds is 3. The summed E-state index contributed by atoms with van der Waals surface area (Å²) in [6.45, 7) is 2.21. The maximum absolute atomic E-state index is 9.47. The van der Waals surface area contributed by atoms with E-state index in [1.54, 1.807) is 13.0 Å². The van der Waals surface area contributed by atoms with Crippen molar-refractivity contribution >= 4 is 17.2 Å². The van der Waals surface area contributed by atoms with Crippen LogP contribution in [0.4, 0.5) is 0 Å². The first-order valence-electron chi connectivity index (χ1n) is 3.68. The van der Waals surface area contributed by atoms with E-state index in [0.717, 1.165) is 4.88 Å². The van der Waals surface area contributed by atoms with Gasteiger partial charge in [0, 0.05) is 4.88 Å². The molecule has 0 aliphatic rings. The van der Waals surface area contributed by atoms with Crippen molar-refractivity contribution in [3.8, 4) is 0 Å². The molecule has 0 fully saturated rings. The van der Waals surface area contributed by atoms with E-state index in [4.69, 9.17) is 10.1 Å². The number of hydrogen-bond acceptors (Lipinski definition) is 4. The Labute approximate surface area is 75.1 Å². The van der Waals surface area contributed by atoms with E-state index in [-0.39, 0.29) is 5.90 Å². The number of thiophene rings is 1. The highest BCUT2D eigenvalue weighted by atomic mass is 32.1. The molecule has 66 valence electrons. The van der Waals surface area contributed by atoms with Gasteiger partial charge in [-0.1, -0.05) is 6.07 Å². The summed E-state index contributed by atoms with van der Waals surface area (Å²) in [5.41, 5.74) is 0. The standard InChI is InChI=1S/C8H11NO2S/c1-2-11-8(9)7(10)6-4-3-5-12-6/h3-5,7,9-10H,2H2,1H3. The minimum Gasteiger partial charge on any atom is -0.479 e. The number of hydrogen-bond donors (Lipinski definition) is 2. The van der Waals surface area contributed by atoms with Gasteiger partial charge in [-0.2, -0.15) is 0 Å². The molecule has 0 spiro atoms. The van der Waals surface area contributed by atoms with Crippen molar-refractivity contribution < 1.29 is 9.84 Å². The predicted octanol–water partition coefficient (Wildman–Crippen LogP) is 1.80. The second kappa shape index (κ2) is 4.23. The van der Waals surface area contributed by atoms with Crippen LogP contribution in [0.1, 0.15) is 17.9 Å². The monoisotopic (exact) mass is 185 g/mol. The smallest absolute Gasteiger partial charge is 0.215 e. The lowest BCUT2D eigenvalue weighted by Crippen LogP contribution is -2.13. The summed E-state index contributed by atoms with van der Waals surface area (Å²) in [5.74, 6) is -0.0834. The van der Waals surface area contributed by atoms with Crippen LogP contribution in [-0.2, 0) is 4.74 Å². The van der Waals surface area contributed by atoms with Gasteiger partial charge in [-0.05, 0) is 18.4 Å². The zero-order valence-corrected chi connectivity index (χ0v) is 7.60. The third-order valence-electron chi connectivity index (χ3n) is 1.36. The van der Waals surface area contributed by atoms with Crippen molar-refractivity contribution in [2.45, 2.75) is 13.0 Å². The van der Waals surface area contributed by atoms with Crippen LogP contribution in [0.25, 0.3) is 0 Å². The molecule has 0 radical (unpaired) electrons. The summed E-state index contributed by atoms with van der Waals surface area (Å²) < 4.78 is 4.87. The molecule has 1 unspecified atom stereocenters. The Morgan fingerprint density at radius 3 is 3.08 bits per heavy atom. The molecule has 1 atom stereocenters. The lowest BCUT2D eigenvalue weighted by atomic mass is 10.3. The molecule has 0 saturated heterocycles. The first-order valence-corrected chi connectivity index (χ1v) is 4.56. The molecule has 1 aromatic heterocycles. The average molecular weight is 185 g/mol. The third kappa shape index (κ3) is 2.06. The SMILES string of the molecule is CCOC(=N)C(O)c1cccs1. The van der Waals surface area contributed by atoms with Gasteiger partial charge in [0.15, 0.2) is 6.10 Å². The molecule has 0 aliphatic heterocycles. The molecule has 0 amide bonds. The number of nitrogens with one attached hydrogen (secondary N) is 1. The van der Waals surface area contributed by atoms with Crippen LogP contribution < -0.4 is 0 Å². The summed E-state index contributed by atoms with van der Waals surface area (Å²) in [7, 11) is 0. The second-order valence-electron chi connectivity index (χ2n) is 2.22. The Morgan fingerprint density at radius 1 is 1.83 bits per heavy atom. The lowest BCUT2D eigenvalue weighted by Gasteiger charge is -2.09. The first kappa shape index (κ1) is 9.22. The van der Waals surface area contributed by atoms with Gasteiger partial charge in [0.25, 0.3) is 0 Å². The summed E-state index contributed by atoms with van der Waals surface area (Å²) in [6.07, 6.45) is -0.898. The molecule has 1 rings (SSSR count). The van der Waals surface area contributed by atoms with E-state index in [0.29, 0.717) is 6.61 Å². The quantitative estimate of drug-likeness (QED) is 0.557. The summed E-state index contributed by atoms with van der Waals surface area (Å²) >= 11 is 1.41. The molecule has 1 aromatic rings. The Kier molecular flexibility index (Phi) is 3.25. The minimum atomic E-state index is -0.898. The van der Waals surface area contributed by atoms with E-state index in [1.807, 2.05) is 11.4 Å². The van der Waals surface area contributed by atoms with Crippen molar-refractivity contribution in [3.05, 3.63) is 22.4 Å². The van der Waals surface area contributed by atoms with Gasteiger partial charge in [-0.15, -0.1) is 11.3 Å². The largest absolute Gasteiger partial charge is 0.479 e. The van der Waals surface area contributed by atoms with E-state index in [2.05, 4.69) is 0 Å². The Bertz CT molecular complexity index is 246. The van der Waals surface area contributed by atoms with Crippen molar-refractivity contribution in [1.29, 1.82) is 5.41 Å². The highest BCUT2D eigenvalue weighted by Gasteiger charge is 2.14. The maximum atomic E-state index is 9.47. The van der Waals surface area contributed by atoms with Crippen LogP contribution in [0.3, 0.4) is 0 Å². The van der Waals surface area contributed by atoms with Crippen molar-refractivity contribution in [2.24, 2.45) is 0 Å². The molecule has 1 heterocycles. The van der Waals surface area contributed by atoms with Crippen LogP contribution in [0.5, 0.6) is 0 Å². The molecule has 4 heteroatoms. The fourth-order valence-corrected chi connectivity index (χ4v) is 1.52. The molecule has 0 aliphatic carbocycles. The fraction of sp³-hybridized carbons (Fsp3) is 0.375. The Morgan fingerprint density at radius 2 is 2.58 bits per heavy atom. The van der Waals surface area contributed by atoms with Crippen molar-refractivity contribution in [1.82, 2.24) is 0 Å². The molecule has 0 bridgehead atoms. The normalized spacial score (nSPS) is 12.5. The predicted molar refractivity (Wildman–Crippen MR) is 48.6 cm³/mol. The van der Waals surface area contributed by atoms with E-state index in [1.165, 1.54) is 11.3 Å². The van der Waals surface area contributed by atoms with Gasteiger partial charge >= 0.3 is 0 Å². The van der Waals surface area contributed by atoms with Crippen LogP contribution >= 0.6 is 11.3 Å². The van der Waals surface area contributed by atoms with E-state index < -0.39 is 6.10 Å². The van der Waals surface area contributed by atoms with Gasteiger partial charge in [-0.25, -0.2) is 0 Å². The number of aliphatic hydroxyl groups is 1. The van der Waals surface area contributed by atoms with Crippen LogP contribution in [0, 0.1) is 5.41 Å². The zero-order valence-electron chi connectivity index (χ0n) is 6.78. The first-order chi connectivity index (χ1) is 5.75. The van der Waals surface area contributed by atoms with Gasteiger partial charge in [-0.3, -0.25) is 5.41 Å². The highest BCUT2D eigenvalue weighted by Crippen LogP contribution is 2.19. The van der Waals surface area contributed by atoms with Gasteiger partial charge < -0.3 is 9.84 Å². The Hall–Kier alpha value is -0.870. The van der Waals surface area contributed by atoms with Crippen LogP contribution in [0.2, 0.25) is 0 Å². The third-order valence-corrected chi connectivity index (χ3v) is 2.29. The van der Waals surface area contributed by atoms with Crippen LogP contribution in [-0.4, -0.2) is 17.6 Å². The van der Waals surface area contributed by atoms with E-state index in [9.17, 15) is 5.11 Å². The summed E-state index contributed by atoms with van der Waals surface area (Å²) in [5, 5.41) is 18.6. The maximum Gasteiger partial charge on any atom is 0.215 e. The molecule has 0 saturated carbocycles. The number of ether oxygens (including phenoxy) is 1. The van der Waals surface area contributed by atoms with Gasteiger partial charge in [0.2, 0.25) is 5.90 Å². The van der Waals surface area contributed by atoms with E-state index >= 15 is 0 Å². The van der Waals surface area contributed by atoms with Gasteiger partial charge in [0.1, 0.15) is 0 Å². The lowest BCUT2D eigenvalue weighted by molar-refractivity contribution is 0.193.